The van der Waals surface area contributed by atoms with Crippen LogP contribution in [0.5, 0.6) is 0 Å². The van der Waals surface area contributed by atoms with Gasteiger partial charge in [0.1, 0.15) is 0 Å². The van der Waals surface area contributed by atoms with Gasteiger partial charge in [0.15, 0.2) is 15.2 Å². The molecule has 0 rings (SSSR count). The second-order valence-corrected chi connectivity index (χ2v) is 6.80. The smallest absolute Gasteiger partial charge is 0.199 e. The third kappa shape index (κ3) is 25.4. The van der Waals surface area contributed by atoms with Gasteiger partial charge in [-0.15, -0.1) is 10.6 Å². The van der Waals surface area contributed by atoms with Crippen LogP contribution in [0.25, 0.3) is 0 Å². The van der Waals surface area contributed by atoms with Crippen LogP contribution < -0.4 is 0 Å². The van der Waals surface area contributed by atoms with E-state index >= 15 is 0 Å². The van der Waals surface area contributed by atoms with Crippen LogP contribution in [0.3, 0.4) is 0 Å². The lowest BCUT2D eigenvalue weighted by molar-refractivity contribution is 0.282. The number of aliphatic hydroxyl groups is 1. The van der Waals surface area contributed by atoms with Crippen molar-refractivity contribution in [2.45, 2.75) is 95.5 Å². The van der Waals surface area contributed by atoms with Gasteiger partial charge in [-0.3, -0.25) is 0 Å². The third-order valence-electron chi connectivity index (χ3n) is 3.04. The van der Waals surface area contributed by atoms with Crippen molar-refractivity contribution in [2.75, 3.05) is 6.61 Å². The molecule has 0 aromatic heterocycles. The molecular formula is C16H36AlO. The predicted molar refractivity (Wildman–Crippen MR) is 85.6 cm³/mol. The maximum Gasteiger partial charge on any atom is 0.199 e. The van der Waals surface area contributed by atoms with Gasteiger partial charge in [-0.05, 0) is 6.42 Å². The van der Waals surface area contributed by atoms with Gasteiger partial charge >= 0.3 is 0 Å². The van der Waals surface area contributed by atoms with Crippen LogP contribution in [-0.2, 0) is 0 Å². The lowest BCUT2D eigenvalue weighted by atomic mass is 10.1. The molecule has 18 heavy (non-hydrogen) atoms. The van der Waals surface area contributed by atoms with E-state index in [0.717, 1.165) is 21.6 Å². The fourth-order valence-electron chi connectivity index (χ4n) is 1.73. The predicted octanol–water partition coefficient (Wildman–Crippen LogP) is 5.47. The lowest BCUT2D eigenvalue weighted by Gasteiger charge is -1.95. The molecule has 0 fully saturated rings. The summed E-state index contributed by atoms with van der Waals surface area (Å²) in [6.07, 6.45) is 13.2. The Kier molecular flexibility index (Phi) is 26.2. The molecule has 0 aliphatic carbocycles. The molecule has 1 nitrogen and oxygen atoms in total. The molecule has 1 N–H and O–H groups in total. The summed E-state index contributed by atoms with van der Waals surface area (Å²) < 4.78 is 0. The highest BCUT2D eigenvalue weighted by atomic mass is 27.1. The van der Waals surface area contributed by atoms with Crippen molar-refractivity contribution in [3.63, 3.8) is 0 Å². The van der Waals surface area contributed by atoms with E-state index in [1.54, 1.807) is 0 Å². The minimum absolute atomic E-state index is 0.367. The standard InChI is InChI=1S/C8H18O.2C4H9.Al/c1-2-3-4-5-6-7-8-9;2*1-3-4-2;/h9H,2-8H2,1H3;2*1,3-4H2,2H3;. The second kappa shape index (κ2) is 22.7. The Balaban J connectivity index is 0. The van der Waals surface area contributed by atoms with Crippen molar-refractivity contribution in [3.05, 3.63) is 0 Å². The Morgan fingerprint density at radius 1 is 0.611 bits per heavy atom. The highest BCUT2D eigenvalue weighted by Gasteiger charge is 1.89. The van der Waals surface area contributed by atoms with Gasteiger partial charge in [0.2, 0.25) is 0 Å². The first-order valence-corrected chi connectivity index (χ1v) is 9.89. The average Bonchev–Trinajstić information content (AvgIpc) is 2.39. The monoisotopic (exact) mass is 271 g/mol. The summed E-state index contributed by atoms with van der Waals surface area (Å²) >= 11 is 0.818. The van der Waals surface area contributed by atoms with Gasteiger partial charge in [-0.2, -0.15) is 0 Å². The summed E-state index contributed by atoms with van der Waals surface area (Å²) in [6, 6.07) is 0. The molecule has 0 amide bonds. The van der Waals surface area contributed by atoms with Crippen molar-refractivity contribution in [1.29, 1.82) is 0 Å². The van der Waals surface area contributed by atoms with Crippen molar-refractivity contribution in [3.8, 4) is 0 Å². The quantitative estimate of drug-likeness (QED) is 0.369. The summed E-state index contributed by atoms with van der Waals surface area (Å²) in [5.74, 6) is 0. The fourth-order valence-corrected chi connectivity index (χ4v) is 3.42. The van der Waals surface area contributed by atoms with Gasteiger partial charge in [0, 0.05) is 6.61 Å². The van der Waals surface area contributed by atoms with E-state index in [-0.39, 0.29) is 0 Å². The van der Waals surface area contributed by atoms with Crippen molar-refractivity contribution < 1.29 is 5.11 Å². The zero-order valence-corrected chi connectivity index (χ0v) is 14.4. The van der Waals surface area contributed by atoms with Crippen LogP contribution in [0.2, 0.25) is 10.6 Å². The van der Waals surface area contributed by atoms with Crippen molar-refractivity contribution in [1.82, 2.24) is 0 Å². The van der Waals surface area contributed by atoms with E-state index in [1.165, 1.54) is 68.4 Å². The van der Waals surface area contributed by atoms with Gasteiger partial charge in [0.25, 0.3) is 0 Å². The third-order valence-corrected chi connectivity index (χ3v) is 4.67. The van der Waals surface area contributed by atoms with Crippen LogP contribution in [-0.4, -0.2) is 26.9 Å². The Hall–Kier alpha value is 0.492. The topological polar surface area (TPSA) is 20.2 Å². The highest BCUT2D eigenvalue weighted by Crippen LogP contribution is 2.03. The molecule has 0 aliphatic rings. The summed E-state index contributed by atoms with van der Waals surface area (Å²) in [5, 5.41) is 11.5. The van der Waals surface area contributed by atoms with Crippen LogP contribution in [0, 0.1) is 0 Å². The van der Waals surface area contributed by atoms with E-state index in [0.29, 0.717) is 6.61 Å². The Labute approximate surface area is 122 Å². The number of unbranched alkanes of at least 4 members (excludes halogenated alkanes) is 7. The van der Waals surface area contributed by atoms with Crippen LogP contribution in [0.15, 0.2) is 0 Å². The molecule has 0 bridgehead atoms. The molecule has 0 aromatic rings. The molecule has 0 aliphatic heterocycles. The molecular weight excluding hydrogens is 235 g/mol. The lowest BCUT2D eigenvalue weighted by Crippen LogP contribution is -1.87. The largest absolute Gasteiger partial charge is 0.396 e. The van der Waals surface area contributed by atoms with E-state index in [9.17, 15) is 0 Å². The fraction of sp³-hybridized carbons (Fsp3) is 1.00. The number of aliphatic hydroxyl groups excluding tert-OH is 1. The highest BCUT2D eigenvalue weighted by molar-refractivity contribution is 6.35. The van der Waals surface area contributed by atoms with Gasteiger partial charge in [-0.1, -0.05) is 78.6 Å². The Morgan fingerprint density at radius 2 is 1.06 bits per heavy atom. The molecule has 1 radical (unpaired) electrons. The summed E-state index contributed by atoms with van der Waals surface area (Å²) in [4.78, 5) is 0. The normalized spacial score (nSPS) is 9.78. The zero-order valence-electron chi connectivity index (χ0n) is 13.2. The summed E-state index contributed by atoms with van der Waals surface area (Å²) in [7, 11) is 0. The van der Waals surface area contributed by atoms with Gasteiger partial charge in [0.05, 0.1) is 0 Å². The van der Waals surface area contributed by atoms with E-state index in [1.807, 2.05) is 0 Å². The van der Waals surface area contributed by atoms with Crippen molar-refractivity contribution in [2.24, 2.45) is 0 Å². The molecule has 0 aromatic carbocycles. The van der Waals surface area contributed by atoms with E-state index < -0.39 is 0 Å². The van der Waals surface area contributed by atoms with Gasteiger partial charge in [-0.25, -0.2) is 0 Å². The van der Waals surface area contributed by atoms with Crippen LogP contribution in [0.4, 0.5) is 0 Å². The summed E-state index contributed by atoms with van der Waals surface area (Å²) in [6.45, 7) is 7.14. The summed E-state index contributed by atoms with van der Waals surface area (Å²) in [5.41, 5.74) is 0. The first-order chi connectivity index (χ1) is 8.83. The molecule has 2 heteroatoms. The number of hydrogen-bond acceptors (Lipinski definition) is 1. The maximum absolute atomic E-state index is 8.42. The zero-order chi connectivity index (χ0) is 13.9. The number of rotatable bonds is 12. The van der Waals surface area contributed by atoms with Crippen molar-refractivity contribution >= 4 is 15.2 Å². The minimum atomic E-state index is 0.367. The van der Waals surface area contributed by atoms with E-state index in [2.05, 4.69) is 20.8 Å². The molecule has 0 unspecified atom stereocenters. The first-order valence-electron chi connectivity index (χ1n) is 8.25. The number of hydrogen-bond donors (Lipinski definition) is 1. The Morgan fingerprint density at radius 3 is 1.50 bits per heavy atom. The van der Waals surface area contributed by atoms with Crippen LogP contribution in [0.1, 0.15) is 85.0 Å². The van der Waals surface area contributed by atoms with Gasteiger partial charge < -0.3 is 5.11 Å². The first kappa shape index (κ1) is 20.8. The molecule has 0 saturated carbocycles. The molecule has 0 saturated heterocycles. The minimum Gasteiger partial charge on any atom is -0.396 e. The molecule has 0 atom stereocenters. The average molecular weight is 271 g/mol. The Bertz CT molecular complexity index is 91.7. The second-order valence-electron chi connectivity index (χ2n) is 5.06. The van der Waals surface area contributed by atoms with Crippen LogP contribution >= 0.6 is 0 Å². The maximum atomic E-state index is 8.42. The molecule has 0 spiro atoms. The van der Waals surface area contributed by atoms with E-state index in [4.69, 9.17) is 5.11 Å². The molecule has 109 valence electrons. The molecule has 0 heterocycles. The SMILES string of the molecule is CCCCCCCCO.CCC[CH2][Al][CH2]CCC.